The van der Waals surface area contributed by atoms with E-state index in [0.717, 1.165) is 16.6 Å². The molecule has 9 nitrogen and oxygen atoms in total. The third kappa shape index (κ3) is 5.94. The number of benzene rings is 2. The van der Waals surface area contributed by atoms with E-state index in [4.69, 9.17) is 19.4 Å². The molecule has 0 aliphatic carbocycles. The van der Waals surface area contributed by atoms with E-state index in [-0.39, 0.29) is 25.3 Å². The van der Waals surface area contributed by atoms with Crippen LogP contribution >= 0.6 is 0 Å². The lowest BCUT2D eigenvalue weighted by Gasteiger charge is -2.27. The Balaban J connectivity index is 1.63. The number of carboxylic acid groups (broad SMARTS) is 1. The van der Waals surface area contributed by atoms with Gasteiger partial charge in [-0.15, -0.1) is 0 Å². The van der Waals surface area contributed by atoms with E-state index in [1.54, 1.807) is 45.2 Å². The monoisotopic (exact) mass is 517 g/mol. The third-order valence-electron chi connectivity index (χ3n) is 6.11. The molecule has 0 spiro atoms. The van der Waals surface area contributed by atoms with Crippen LogP contribution in [0.4, 0.5) is 0 Å². The van der Waals surface area contributed by atoms with Crippen LogP contribution in [0.2, 0.25) is 0 Å². The summed E-state index contributed by atoms with van der Waals surface area (Å²) in [6, 6.07) is 15.0. The highest BCUT2D eigenvalue weighted by molar-refractivity contribution is 5.89. The molecule has 0 aliphatic rings. The molecule has 0 fully saturated rings. The average molecular weight is 518 g/mol. The van der Waals surface area contributed by atoms with Crippen LogP contribution in [0.25, 0.3) is 21.8 Å². The van der Waals surface area contributed by atoms with Gasteiger partial charge in [0.2, 0.25) is 0 Å². The highest BCUT2D eigenvalue weighted by Gasteiger charge is 2.29. The standard InChI is InChI=1S/C29H31N3O6/c1-6-32(27(33)16-29(3,4)17-28(34)35)38-26-15-22-20(14-25(26)36-5)23(11-12-30-22)37-24-13-19-9-7-8-10-21(19)31-18(24)2/h7-15H,6,16-17H2,1-5H3,(H,34,35). The molecule has 0 aliphatic heterocycles. The minimum Gasteiger partial charge on any atom is -0.493 e. The van der Waals surface area contributed by atoms with Crippen molar-refractivity contribution in [2.24, 2.45) is 5.41 Å². The van der Waals surface area contributed by atoms with Crippen LogP contribution in [-0.2, 0) is 9.59 Å². The molecule has 0 atom stereocenters. The van der Waals surface area contributed by atoms with Gasteiger partial charge in [-0.2, -0.15) is 5.06 Å². The lowest BCUT2D eigenvalue weighted by atomic mass is 9.85. The predicted octanol–water partition coefficient (Wildman–Crippen LogP) is 5.93. The van der Waals surface area contributed by atoms with E-state index in [2.05, 4.69) is 9.97 Å². The Morgan fingerprint density at radius 2 is 1.74 bits per heavy atom. The van der Waals surface area contributed by atoms with Gasteiger partial charge in [0.05, 0.1) is 36.8 Å². The SMILES string of the molecule is CCN(Oc1cc2nccc(Oc3cc4ccccc4nc3C)c2cc1OC)C(=O)CC(C)(C)CC(=O)O. The summed E-state index contributed by atoms with van der Waals surface area (Å²) in [6.45, 7) is 7.41. The first-order chi connectivity index (χ1) is 18.1. The van der Waals surface area contributed by atoms with Gasteiger partial charge in [0, 0.05) is 29.5 Å². The first-order valence-corrected chi connectivity index (χ1v) is 12.3. The molecule has 0 saturated heterocycles. The predicted molar refractivity (Wildman–Crippen MR) is 144 cm³/mol. The van der Waals surface area contributed by atoms with E-state index in [0.29, 0.717) is 33.9 Å². The maximum Gasteiger partial charge on any atom is 0.303 e. The van der Waals surface area contributed by atoms with Crippen molar-refractivity contribution in [3.05, 3.63) is 60.4 Å². The lowest BCUT2D eigenvalue weighted by Crippen LogP contribution is -2.37. The molecule has 1 amide bonds. The number of amides is 1. The number of aryl methyl sites for hydroxylation is 1. The number of aromatic nitrogens is 2. The molecule has 1 N–H and O–H groups in total. The van der Waals surface area contributed by atoms with Gasteiger partial charge in [-0.05, 0) is 43.5 Å². The second-order valence-electron chi connectivity index (χ2n) is 9.79. The molecular formula is C29H31N3O6. The van der Waals surface area contributed by atoms with Crippen LogP contribution in [0.3, 0.4) is 0 Å². The Morgan fingerprint density at radius 1 is 0.974 bits per heavy atom. The van der Waals surface area contributed by atoms with Gasteiger partial charge in [-0.3, -0.25) is 14.6 Å². The Hall–Kier alpha value is -4.40. The van der Waals surface area contributed by atoms with Gasteiger partial charge in [0.15, 0.2) is 11.5 Å². The maximum absolute atomic E-state index is 12.9. The van der Waals surface area contributed by atoms with Crippen molar-refractivity contribution < 1.29 is 29.0 Å². The summed E-state index contributed by atoms with van der Waals surface area (Å²) in [5.74, 6) is 0.604. The highest BCUT2D eigenvalue weighted by Crippen LogP contribution is 2.38. The number of ether oxygens (including phenoxy) is 2. The molecule has 0 saturated carbocycles. The molecular weight excluding hydrogens is 486 g/mol. The number of carboxylic acids is 1. The first-order valence-electron chi connectivity index (χ1n) is 12.3. The molecule has 9 heteroatoms. The Labute approximate surface area is 220 Å². The van der Waals surface area contributed by atoms with E-state index in [1.807, 2.05) is 37.3 Å². The number of hydroxylamine groups is 2. The number of hydrogen-bond acceptors (Lipinski definition) is 7. The van der Waals surface area contributed by atoms with Crippen LogP contribution in [0, 0.1) is 12.3 Å². The molecule has 38 heavy (non-hydrogen) atoms. The van der Waals surface area contributed by atoms with Crippen molar-refractivity contribution in [3.63, 3.8) is 0 Å². The smallest absolute Gasteiger partial charge is 0.303 e. The van der Waals surface area contributed by atoms with Crippen LogP contribution in [0.5, 0.6) is 23.0 Å². The molecule has 0 unspecified atom stereocenters. The molecule has 0 bridgehead atoms. The van der Waals surface area contributed by atoms with Gasteiger partial charge in [-0.1, -0.05) is 32.0 Å². The number of nitrogens with zero attached hydrogens (tertiary/aromatic N) is 3. The van der Waals surface area contributed by atoms with Crippen LogP contribution in [-0.4, -0.2) is 45.7 Å². The number of rotatable bonds is 10. The van der Waals surface area contributed by atoms with Crippen molar-refractivity contribution in [1.29, 1.82) is 0 Å². The van der Waals surface area contributed by atoms with Gasteiger partial charge in [0.1, 0.15) is 11.5 Å². The zero-order valence-electron chi connectivity index (χ0n) is 22.1. The molecule has 4 rings (SSSR count). The van der Waals surface area contributed by atoms with E-state index >= 15 is 0 Å². The summed E-state index contributed by atoms with van der Waals surface area (Å²) >= 11 is 0. The summed E-state index contributed by atoms with van der Waals surface area (Å²) in [5.41, 5.74) is 1.50. The van der Waals surface area contributed by atoms with Crippen molar-refractivity contribution in [2.75, 3.05) is 13.7 Å². The molecule has 198 valence electrons. The van der Waals surface area contributed by atoms with Crippen molar-refractivity contribution in [1.82, 2.24) is 15.0 Å². The average Bonchev–Trinajstić information content (AvgIpc) is 2.86. The van der Waals surface area contributed by atoms with Crippen LogP contribution in [0.1, 0.15) is 39.3 Å². The number of carbonyl (C=O) groups is 2. The Kier molecular flexibility index (Phi) is 7.66. The van der Waals surface area contributed by atoms with Gasteiger partial charge in [0.25, 0.3) is 5.91 Å². The topological polar surface area (TPSA) is 111 Å². The fourth-order valence-corrected chi connectivity index (χ4v) is 4.24. The fourth-order valence-electron chi connectivity index (χ4n) is 4.24. The number of carbonyl (C=O) groups excluding carboxylic acids is 1. The summed E-state index contributed by atoms with van der Waals surface area (Å²) in [4.78, 5) is 39.2. The maximum atomic E-state index is 12.9. The Bertz CT molecular complexity index is 1500. The third-order valence-corrected chi connectivity index (χ3v) is 6.11. The molecule has 0 radical (unpaired) electrons. The van der Waals surface area contributed by atoms with Gasteiger partial charge >= 0.3 is 5.97 Å². The quantitative estimate of drug-likeness (QED) is 0.258. The van der Waals surface area contributed by atoms with E-state index < -0.39 is 11.4 Å². The molecule has 2 heterocycles. The number of fused-ring (bicyclic) bond motifs is 2. The van der Waals surface area contributed by atoms with E-state index in [9.17, 15) is 9.59 Å². The minimum atomic E-state index is -0.957. The normalized spacial score (nSPS) is 11.4. The second-order valence-corrected chi connectivity index (χ2v) is 9.79. The van der Waals surface area contributed by atoms with Gasteiger partial charge in [-0.25, -0.2) is 4.98 Å². The largest absolute Gasteiger partial charge is 0.493 e. The summed E-state index contributed by atoms with van der Waals surface area (Å²) in [5, 5.41) is 12.0. The van der Waals surface area contributed by atoms with Crippen molar-refractivity contribution in [2.45, 2.75) is 40.5 Å². The molecule has 4 aromatic rings. The fraction of sp³-hybridized carbons (Fsp3) is 0.310. The number of para-hydroxylation sites is 1. The minimum absolute atomic E-state index is 0.0123. The number of aliphatic carboxylic acids is 1. The zero-order chi connectivity index (χ0) is 27.4. The second kappa shape index (κ2) is 10.9. The summed E-state index contributed by atoms with van der Waals surface area (Å²) in [7, 11) is 1.51. The molecule has 2 aromatic carbocycles. The van der Waals surface area contributed by atoms with E-state index in [1.165, 1.54) is 12.2 Å². The zero-order valence-corrected chi connectivity index (χ0v) is 22.1. The van der Waals surface area contributed by atoms with Crippen LogP contribution < -0.4 is 14.3 Å². The first kappa shape index (κ1) is 26.7. The summed E-state index contributed by atoms with van der Waals surface area (Å²) < 4.78 is 11.9. The number of pyridine rings is 2. The van der Waals surface area contributed by atoms with Crippen LogP contribution in [0.15, 0.2) is 54.7 Å². The summed E-state index contributed by atoms with van der Waals surface area (Å²) in [6.07, 6.45) is 1.52. The lowest BCUT2D eigenvalue weighted by molar-refractivity contribution is -0.159. The van der Waals surface area contributed by atoms with Crippen molar-refractivity contribution in [3.8, 4) is 23.0 Å². The number of methoxy groups -OCH3 is 1. The molecule has 2 aromatic heterocycles. The Morgan fingerprint density at radius 3 is 2.45 bits per heavy atom. The van der Waals surface area contributed by atoms with Gasteiger partial charge < -0.3 is 19.4 Å². The number of hydrogen-bond donors (Lipinski definition) is 1. The highest BCUT2D eigenvalue weighted by atomic mass is 16.7. The van der Waals surface area contributed by atoms with Crippen molar-refractivity contribution >= 4 is 33.7 Å².